The fraction of sp³-hybridized carbons (Fsp3) is 0.0476. The highest BCUT2D eigenvalue weighted by Crippen LogP contribution is 2.54. The van der Waals surface area contributed by atoms with Crippen LogP contribution in [0.25, 0.3) is 58.8 Å². The molecule has 2 atom stereocenters. The van der Waals surface area contributed by atoms with E-state index in [-0.39, 0.29) is 6.04 Å². The molecule has 2 unspecified atom stereocenters. The first-order chi connectivity index (χ1) is 22.4. The van der Waals surface area contributed by atoms with Gasteiger partial charge in [-0.3, -0.25) is 0 Å². The maximum atomic E-state index is 2.58. The molecule has 2 aliphatic rings. The number of rotatable bonds is 3. The summed E-state index contributed by atoms with van der Waals surface area (Å²) in [6.45, 7) is 0. The normalized spacial score (nSPS) is 17.1. The predicted molar refractivity (Wildman–Crippen MR) is 192 cm³/mol. The molecule has 0 bridgehead atoms. The van der Waals surface area contributed by atoms with Crippen molar-refractivity contribution >= 4 is 64.7 Å². The van der Waals surface area contributed by atoms with Crippen LogP contribution in [0, 0.1) is 0 Å². The minimum absolute atomic E-state index is 0.239. The van der Waals surface area contributed by atoms with Crippen LogP contribution in [0.15, 0.2) is 158 Å². The van der Waals surface area contributed by atoms with E-state index in [1.165, 1.54) is 75.7 Å². The van der Waals surface area contributed by atoms with Crippen molar-refractivity contribution in [2.45, 2.75) is 12.0 Å². The lowest BCUT2D eigenvalue weighted by molar-refractivity contribution is 0.745. The standard InChI is InChI=1S/C42H28N2S/c1-3-14-27(15-4-1)43-35-23-10-7-18-29(35)30-21-13-22-31(41(30)43)34-26-38-40(33-20-9-12-25-37(33)45-38)42-39(34)32-19-8-11-24-36(32)44(42)28-16-5-2-6-17-28/h1-26,29,35H. The Morgan fingerprint density at radius 1 is 0.533 bits per heavy atom. The molecule has 0 saturated heterocycles. The SMILES string of the molecule is C1=CC2c3cccc(-c4cc5sc6ccccc6c5c5c4c4ccccc4n5-c4ccccc4)c3N(c3ccccc3)C2C=C1. The van der Waals surface area contributed by atoms with E-state index in [2.05, 4.69) is 167 Å². The molecule has 1 aliphatic carbocycles. The molecule has 45 heavy (non-hydrogen) atoms. The lowest BCUT2D eigenvalue weighted by Gasteiger charge is -2.30. The topological polar surface area (TPSA) is 8.17 Å². The van der Waals surface area contributed by atoms with Crippen molar-refractivity contribution in [2.75, 3.05) is 4.90 Å². The van der Waals surface area contributed by atoms with Gasteiger partial charge in [0, 0.05) is 53.8 Å². The van der Waals surface area contributed by atoms with Crippen molar-refractivity contribution in [2.24, 2.45) is 0 Å². The van der Waals surface area contributed by atoms with Crippen molar-refractivity contribution in [3.8, 4) is 16.8 Å². The van der Waals surface area contributed by atoms with E-state index in [9.17, 15) is 0 Å². The van der Waals surface area contributed by atoms with Crippen molar-refractivity contribution < 1.29 is 0 Å². The van der Waals surface area contributed by atoms with Gasteiger partial charge in [0.1, 0.15) is 0 Å². The number of hydrogen-bond donors (Lipinski definition) is 0. The molecular weight excluding hydrogens is 565 g/mol. The van der Waals surface area contributed by atoms with Crippen LogP contribution >= 0.6 is 11.3 Å². The highest BCUT2D eigenvalue weighted by molar-refractivity contribution is 7.26. The first kappa shape index (κ1) is 25.0. The molecular formula is C42H28N2S. The lowest BCUT2D eigenvalue weighted by Crippen LogP contribution is -2.28. The Morgan fingerprint density at radius 2 is 1.24 bits per heavy atom. The molecule has 8 aromatic rings. The Labute approximate surface area is 265 Å². The van der Waals surface area contributed by atoms with Crippen LogP contribution in [0.5, 0.6) is 0 Å². The van der Waals surface area contributed by atoms with Crippen LogP contribution in [0.3, 0.4) is 0 Å². The third kappa shape index (κ3) is 3.50. The number of benzene rings is 6. The van der Waals surface area contributed by atoms with Gasteiger partial charge >= 0.3 is 0 Å². The van der Waals surface area contributed by atoms with Crippen molar-refractivity contribution in [3.63, 3.8) is 0 Å². The molecule has 3 heteroatoms. The van der Waals surface area contributed by atoms with Crippen LogP contribution in [-0.4, -0.2) is 10.6 Å². The van der Waals surface area contributed by atoms with Crippen molar-refractivity contribution in [1.29, 1.82) is 0 Å². The Kier molecular flexibility index (Phi) is 5.31. The van der Waals surface area contributed by atoms with Crippen molar-refractivity contribution in [1.82, 2.24) is 4.57 Å². The second-order valence-electron chi connectivity index (χ2n) is 12.0. The van der Waals surface area contributed by atoms with Gasteiger partial charge in [-0.05, 0) is 53.6 Å². The van der Waals surface area contributed by atoms with E-state index < -0.39 is 0 Å². The maximum absolute atomic E-state index is 2.58. The second-order valence-corrected chi connectivity index (χ2v) is 13.1. The van der Waals surface area contributed by atoms with Gasteiger partial charge in [0.25, 0.3) is 0 Å². The number of hydrogen-bond acceptors (Lipinski definition) is 2. The fourth-order valence-corrected chi connectivity index (χ4v) is 9.05. The van der Waals surface area contributed by atoms with E-state index in [1.54, 1.807) is 0 Å². The molecule has 0 spiro atoms. The Bertz CT molecular complexity index is 2500. The first-order valence-electron chi connectivity index (χ1n) is 15.6. The average molecular weight is 593 g/mol. The van der Waals surface area contributed by atoms with E-state index in [4.69, 9.17) is 0 Å². The largest absolute Gasteiger partial charge is 0.333 e. The molecule has 3 heterocycles. The zero-order valence-corrected chi connectivity index (χ0v) is 25.3. The molecule has 2 nitrogen and oxygen atoms in total. The molecule has 0 fully saturated rings. The van der Waals surface area contributed by atoms with Gasteiger partial charge in [-0.1, -0.05) is 115 Å². The molecule has 6 aromatic carbocycles. The van der Waals surface area contributed by atoms with Crippen LogP contribution < -0.4 is 4.90 Å². The number of nitrogens with zero attached hydrogens (tertiary/aromatic N) is 2. The molecule has 0 amide bonds. The summed E-state index contributed by atoms with van der Waals surface area (Å²) in [4.78, 5) is 2.58. The number of para-hydroxylation sites is 4. The van der Waals surface area contributed by atoms with Gasteiger partial charge in [-0.2, -0.15) is 0 Å². The Morgan fingerprint density at radius 3 is 2.09 bits per heavy atom. The van der Waals surface area contributed by atoms with Gasteiger partial charge < -0.3 is 9.47 Å². The van der Waals surface area contributed by atoms with Gasteiger partial charge in [-0.15, -0.1) is 11.3 Å². The second kappa shape index (κ2) is 9.56. The van der Waals surface area contributed by atoms with Gasteiger partial charge in [-0.25, -0.2) is 0 Å². The Hall–Kier alpha value is -5.38. The first-order valence-corrected chi connectivity index (χ1v) is 16.4. The number of anilines is 2. The molecule has 0 saturated carbocycles. The van der Waals surface area contributed by atoms with Crippen LogP contribution in [0.1, 0.15) is 11.5 Å². The summed E-state index contributed by atoms with van der Waals surface area (Å²) < 4.78 is 5.14. The quantitative estimate of drug-likeness (QED) is 0.198. The fourth-order valence-electron chi connectivity index (χ4n) is 7.91. The summed E-state index contributed by atoms with van der Waals surface area (Å²) in [5.74, 6) is 0.305. The van der Waals surface area contributed by atoms with Gasteiger partial charge in [0.2, 0.25) is 0 Å². The molecule has 2 aromatic heterocycles. The predicted octanol–water partition coefficient (Wildman–Crippen LogP) is 11.5. The highest BCUT2D eigenvalue weighted by Gasteiger charge is 2.39. The monoisotopic (exact) mass is 592 g/mol. The number of fused-ring (bicyclic) bond motifs is 10. The van der Waals surface area contributed by atoms with Crippen LogP contribution in [-0.2, 0) is 0 Å². The molecule has 10 rings (SSSR count). The number of aromatic nitrogens is 1. The van der Waals surface area contributed by atoms with E-state index in [0.29, 0.717) is 5.92 Å². The third-order valence-electron chi connectivity index (χ3n) is 9.69. The third-order valence-corrected chi connectivity index (χ3v) is 10.8. The smallest absolute Gasteiger partial charge is 0.0640 e. The minimum Gasteiger partial charge on any atom is -0.333 e. The van der Waals surface area contributed by atoms with Crippen LogP contribution in [0.4, 0.5) is 11.4 Å². The minimum atomic E-state index is 0.239. The molecule has 0 radical (unpaired) electrons. The maximum Gasteiger partial charge on any atom is 0.0640 e. The number of allylic oxidation sites excluding steroid dienone is 2. The summed E-state index contributed by atoms with van der Waals surface area (Å²) in [7, 11) is 0. The molecule has 0 N–H and O–H groups in total. The lowest BCUT2D eigenvalue weighted by atomic mass is 9.89. The zero-order chi connectivity index (χ0) is 29.5. The Balaban J connectivity index is 1.40. The number of thiophene rings is 1. The van der Waals surface area contributed by atoms with Gasteiger partial charge in [0.05, 0.1) is 22.8 Å². The van der Waals surface area contributed by atoms with E-state index >= 15 is 0 Å². The summed E-state index contributed by atoms with van der Waals surface area (Å²) in [6, 6.07) is 49.3. The summed E-state index contributed by atoms with van der Waals surface area (Å²) in [5, 5.41) is 5.25. The van der Waals surface area contributed by atoms with Gasteiger partial charge in [0.15, 0.2) is 0 Å². The summed E-state index contributed by atoms with van der Waals surface area (Å²) >= 11 is 1.90. The molecule has 212 valence electrons. The summed E-state index contributed by atoms with van der Waals surface area (Å²) in [5.41, 5.74) is 10.2. The van der Waals surface area contributed by atoms with E-state index in [1.807, 2.05) is 11.3 Å². The molecule has 1 aliphatic heterocycles. The average Bonchev–Trinajstić information content (AvgIpc) is 3.76. The summed E-state index contributed by atoms with van der Waals surface area (Å²) in [6.07, 6.45) is 9.16. The zero-order valence-electron chi connectivity index (χ0n) is 24.5. The van der Waals surface area contributed by atoms with Crippen molar-refractivity contribution in [3.05, 3.63) is 163 Å². The van der Waals surface area contributed by atoms with E-state index in [0.717, 1.165) is 0 Å². The van der Waals surface area contributed by atoms with Crippen LogP contribution in [0.2, 0.25) is 0 Å². The highest BCUT2D eigenvalue weighted by atomic mass is 32.1.